The summed E-state index contributed by atoms with van der Waals surface area (Å²) in [7, 11) is 2.89. The number of esters is 1. The number of anilines is 2. The maximum atomic E-state index is 12.3. The second-order valence-electron chi connectivity index (χ2n) is 4.71. The van der Waals surface area contributed by atoms with E-state index in [1.54, 1.807) is 25.3 Å². The number of carbonyl (C=O) groups is 2. The second kappa shape index (κ2) is 8.59. The molecule has 0 atom stereocenters. The zero-order valence-corrected chi connectivity index (χ0v) is 13.4. The van der Waals surface area contributed by atoms with Gasteiger partial charge in [-0.25, -0.2) is 14.8 Å². The van der Waals surface area contributed by atoms with Crippen molar-refractivity contribution in [2.24, 2.45) is 0 Å². The average Bonchev–Trinajstić information content (AvgIpc) is 2.61. The van der Waals surface area contributed by atoms with E-state index in [-0.39, 0.29) is 5.69 Å². The van der Waals surface area contributed by atoms with Gasteiger partial charge >= 0.3 is 5.97 Å². The van der Waals surface area contributed by atoms with Crippen LogP contribution < -0.4 is 10.6 Å². The monoisotopic (exact) mass is 330 g/mol. The van der Waals surface area contributed by atoms with Gasteiger partial charge in [-0.2, -0.15) is 0 Å². The molecule has 0 fully saturated rings. The molecular weight excluding hydrogens is 312 g/mol. The van der Waals surface area contributed by atoms with Crippen molar-refractivity contribution in [2.75, 3.05) is 38.0 Å². The molecule has 0 spiro atoms. The van der Waals surface area contributed by atoms with E-state index < -0.39 is 11.9 Å². The molecule has 0 saturated heterocycles. The quantitative estimate of drug-likeness (QED) is 0.587. The van der Waals surface area contributed by atoms with Gasteiger partial charge in [0.15, 0.2) is 0 Å². The molecule has 0 bridgehead atoms. The number of hydrogen-bond acceptors (Lipinski definition) is 7. The normalized spacial score (nSPS) is 10.1. The number of benzene rings is 1. The van der Waals surface area contributed by atoms with E-state index in [0.29, 0.717) is 30.4 Å². The first-order valence-electron chi connectivity index (χ1n) is 7.19. The Morgan fingerprint density at radius 1 is 1.21 bits per heavy atom. The van der Waals surface area contributed by atoms with Crippen LogP contribution >= 0.6 is 0 Å². The Balaban J connectivity index is 2.07. The highest BCUT2D eigenvalue weighted by Crippen LogP contribution is 2.13. The smallest absolute Gasteiger partial charge is 0.337 e. The first-order valence-corrected chi connectivity index (χ1v) is 7.19. The molecule has 0 aliphatic rings. The summed E-state index contributed by atoms with van der Waals surface area (Å²) < 4.78 is 9.58. The molecule has 0 aliphatic carbocycles. The summed E-state index contributed by atoms with van der Waals surface area (Å²) in [6.07, 6.45) is 1.49. The Hall–Kier alpha value is -3.00. The van der Waals surface area contributed by atoms with Crippen LogP contribution in [-0.4, -0.2) is 49.2 Å². The van der Waals surface area contributed by atoms with E-state index in [9.17, 15) is 9.59 Å². The van der Waals surface area contributed by atoms with E-state index in [4.69, 9.17) is 4.74 Å². The Bertz CT molecular complexity index is 721. The van der Waals surface area contributed by atoms with Crippen molar-refractivity contribution in [3.63, 3.8) is 0 Å². The lowest BCUT2D eigenvalue weighted by atomic mass is 10.2. The third-order valence-electron chi connectivity index (χ3n) is 3.02. The molecule has 126 valence electrons. The van der Waals surface area contributed by atoms with Crippen LogP contribution in [0, 0.1) is 0 Å². The number of rotatable bonds is 7. The maximum Gasteiger partial charge on any atom is 0.337 e. The number of hydrogen-bond donors (Lipinski definition) is 2. The fourth-order valence-electron chi connectivity index (χ4n) is 1.87. The number of nitrogens with zero attached hydrogens (tertiary/aromatic N) is 2. The van der Waals surface area contributed by atoms with E-state index in [0.717, 1.165) is 0 Å². The molecule has 1 heterocycles. The van der Waals surface area contributed by atoms with E-state index in [2.05, 4.69) is 25.3 Å². The van der Waals surface area contributed by atoms with Gasteiger partial charge in [0.05, 0.1) is 19.3 Å². The number of nitrogens with one attached hydrogen (secondary N) is 2. The minimum Gasteiger partial charge on any atom is -0.465 e. The van der Waals surface area contributed by atoms with Gasteiger partial charge in [-0.3, -0.25) is 4.79 Å². The predicted octanol–water partition coefficient (Wildman–Crippen LogP) is 1.57. The summed E-state index contributed by atoms with van der Waals surface area (Å²) in [6, 6.07) is 7.95. The summed E-state index contributed by atoms with van der Waals surface area (Å²) in [5, 5.41) is 5.63. The second-order valence-corrected chi connectivity index (χ2v) is 4.71. The molecule has 1 amide bonds. The molecule has 0 radical (unpaired) electrons. The molecule has 0 unspecified atom stereocenters. The van der Waals surface area contributed by atoms with Crippen LogP contribution in [0.4, 0.5) is 11.6 Å². The van der Waals surface area contributed by atoms with Gasteiger partial charge < -0.3 is 20.1 Å². The zero-order chi connectivity index (χ0) is 17.4. The molecule has 1 aromatic heterocycles. The topological polar surface area (TPSA) is 102 Å². The highest BCUT2D eigenvalue weighted by molar-refractivity contribution is 6.03. The summed E-state index contributed by atoms with van der Waals surface area (Å²) in [4.78, 5) is 32.0. The highest BCUT2D eigenvalue weighted by Gasteiger charge is 2.11. The number of ether oxygens (including phenoxy) is 2. The van der Waals surface area contributed by atoms with Crippen LogP contribution in [0.3, 0.4) is 0 Å². The van der Waals surface area contributed by atoms with Gasteiger partial charge in [-0.05, 0) is 24.3 Å². The van der Waals surface area contributed by atoms with Crippen molar-refractivity contribution in [3.8, 4) is 0 Å². The summed E-state index contributed by atoms with van der Waals surface area (Å²) in [6.45, 7) is 1.03. The van der Waals surface area contributed by atoms with Crippen LogP contribution in [0.5, 0.6) is 0 Å². The molecule has 8 nitrogen and oxygen atoms in total. The Kier molecular flexibility index (Phi) is 6.21. The molecule has 0 saturated carbocycles. The zero-order valence-electron chi connectivity index (χ0n) is 13.4. The Labute approximate surface area is 139 Å². The lowest BCUT2D eigenvalue weighted by Crippen LogP contribution is -2.16. The van der Waals surface area contributed by atoms with Crippen molar-refractivity contribution in [1.82, 2.24) is 9.97 Å². The van der Waals surface area contributed by atoms with Crippen molar-refractivity contribution in [2.45, 2.75) is 0 Å². The largest absolute Gasteiger partial charge is 0.465 e. The SMILES string of the molecule is COCCNc1nccc(C(=O)Nc2cccc(C(=O)OC)c2)n1. The van der Waals surface area contributed by atoms with Crippen molar-refractivity contribution >= 4 is 23.5 Å². The summed E-state index contributed by atoms with van der Waals surface area (Å²) >= 11 is 0. The molecule has 2 rings (SSSR count). The van der Waals surface area contributed by atoms with Crippen LogP contribution in [0.2, 0.25) is 0 Å². The number of methoxy groups -OCH3 is 2. The van der Waals surface area contributed by atoms with Gasteiger partial charge in [-0.15, -0.1) is 0 Å². The standard InChI is InChI=1S/C16H18N4O4/c1-23-9-8-18-16-17-7-6-13(20-16)14(21)19-12-5-3-4-11(10-12)15(22)24-2/h3-7,10H,8-9H2,1-2H3,(H,19,21)(H,17,18,20). The third-order valence-corrected chi connectivity index (χ3v) is 3.02. The lowest BCUT2D eigenvalue weighted by molar-refractivity contribution is 0.0600. The van der Waals surface area contributed by atoms with Gasteiger partial charge in [0.25, 0.3) is 5.91 Å². The average molecular weight is 330 g/mol. The minimum absolute atomic E-state index is 0.202. The van der Waals surface area contributed by atoms with Crippen molar-refractivity contribution in [1.29, 1.82) is 0 Å². The van der Waals surface area contributed by atoms with E-state index >= 15 is 0 Å². The molecule has 2 aromatic rings. The third kappa shape index (κ3) is 4.75. The minimum atomic E-state index is -0.474. The van der Waals surface area contributed by atoms with Crippen LogP contribution in [0.1, 0.15) is 20.8 Å². The first kappa shape index (κ1) is 17.4. The number of aromatic nitrogens is 2. The van der Waals surface area contributed by atoms with Gasteiger partial charge in [0.2, 0.25) is 5.95 Å². The van der Waals surface area contributed by atoms with Gasteiger partial charge in [0.1, 0.15) is 5.69 Å². The fourth-order valence-corrected chi connectivity index (χ4v) is 1.87. The van der Waals surface area contributed by atoms with Crippen LogP contribution in [0.15, 0.2) is 36.5 Å². The molecule has 1 aromatic carbocycles. The maximum absolute atomic E-state index is 12.3. The van der Waals surface area contributed by atoms with Gasteiger partial charge in [-0.1, -0.05) is 6.07 Å². The number of carbonyl (C=O) groups excluding carboxylic acids is 2. The fraction of sp³-hybridized carbons (Fsp3) is 0.250. The lowest BCUT2D eigenvalue weighted by Gasteiger charge is -2.08. The molecule has 8 heteroatoms. The first-order chi connectivity index (χ1) is 11.6. The molecule has 24 heavy (non-hydrogen) atoms. The Morgan fingerprint density at radius 3 is 2.79 bits per heavy atom. The van der Waals surface area contributed by atoms with Crippen LogP contribution in [-0.2, 0) is 9.47 Å². The summed E-state index contributed by atoms with van der Waals surface area (Å²) in [5.74, 6) is -0.546. The highest BCUT2D eigenvalue weighted by atomic mass is 16.5. The van der Waals surface area contributed by atoms with Crippen LogP contribution in [0.25, 0.3) is 0 Å². The number of amides is 1. The summed E-state index contributed by atoms with van der Waals surface area (Å²) in [5.41, 5.74) is 1.02. The molecule has 2 N–H and O–H groups in total. The predicted molar refractivity (Wildman–Crippen MR) is 88.1 cm³/mol. The Morgan fingerprint density at radius 2 is 2.04 bits per heavy atom. The van der Waals surface area contributed by atoms with Crippen molar-refractivity contribution < 1.29 is 19.1 Å². The van der Waals surface area contributed by atoms with E-state index in [1.807, 2.05) is 0 Å². The molecular formula is C16H18N4O4. The van der Waals surface area contributed by atoms with E-state index in [1.165, 1.54) is 25.4 Å². The molecule has 0 aliphatic heterocycles. The van der Waals surface area contributed by atoms with Gasteiger partial charge in [0, 0.05) is 25.5 Å². The van der Waals surface area contributed by atoms with Crippen molar-refractivity contribution in [3.05, 3.63) is 47.8 Å².